The summed E-state index contributed by atoms with van der Waals surface area (Å²) in [5, 5.41) is 0. The standard InChI is InChI=1S/Cu.Li.Ni.Zn. The molecule has 0 N–H and O–H groups in total. The Labute approximate surface area is 71.2 Å². The second-order valence-electron chi connectivity index (χ2n) is 0. The zero-order chi connectivity index (χ0) is 0. The quantitative estimate of drug-likeness (QED) is 0.461. The van der Waals surface area contributed by atoms with Crippen LogP contribution in [0.3, 0.4) is 0 Å². The van der Waals surface area contributed by atoms with Crippen molar-refractivity contribution < 1.29 is 53.0 Å². The molecule has 0 amide bonds. The predicted molar refractivity (Wildman–Crippen MR) is 5.75 cm³/mol. The SMILES string of the molecule is [Cu].[Li].[Ni].[Zn]. The fourth-order valence-electron chi connectivity index (χ4n) is 0. The Morgan fingerprint density at radius 3 is 1.00 bits per heavy atom. The minimum Gasteiger partial charge on any atom is 0 e. The van der Waals surface area contributed by atoms with Gasteiger partial charge in [0.2, 0.25) is 0 Å². The van der Waals surface area contributed by atoms with E-state index in [2.05, 4.69) is 0 Å². The van der Waals surface area contributed by atoms with Gasteiger partial charge in [-0.25, -0.2) is 0 Å². The minimum absolute atomic E-state index is 0. The monoisotopic (exact) mass is 192 g/mol. The number of hydrogen-bond donors (Lipinski definition) is 0. The van der Waals surface area contributed by atoms with Gasteiger partial charge in [-0.05, 0) is 0 Å². The van der Waals surface area contributed by atoms with E-state index in [0.29, 0.717) is 0 Å². The van der Waals surface area contributed by atoms with Crippen LogP contribution in [0, 0.1) is 0 Å². The van der Waals surface area contributed by atoms with Crippen LogP contribution in [0.15, 0.2) is 0 Å². The smallest absolute Gasteiger partial charge is 0 e. The molecule has 0 rings (SSSR count). The van der Waals surface area contributed by atoms with Crippen molar-refractivity contribution >= 4 is 18.9 Å². The normalized spacial score (nSPS) is 0. The van der Waals surface area contributed by atoms with Gasteiger partial charge < -0.3 is 0 Å². The molecule has 0 aliphatic rings. The molecule has 0 aromatic heterocycles. The summed E-state index contributed by atoms with van der Waals surface area (Å²) in [5.74, 6) is 0. The summed E-state index contributed by atoms with van der Waals surface area (Å²) in [7, 11) is 0. The summed E-state index contributed by atoms with van der Waals surface area (Å²) >= 11 is 0. The average molecular weight is 195 g/mol. The maximum Gasteiger partial charge on any atom is 0 e. The van der Waals surface area contributed by atoms with E-state index in [-0.39, 0.29) is 71.9 Å². The van der Waals surface area contributed by atoms with Crippen molar-refractivity contribution in [2.24, 2.45) is 0 Å². The van der Waals surface area contributed by atoms with Crippen molar-refractivity contribution in [1.29, 1.82) is 0 Å². The first-order chi connectivity index (χ1) is 0. The van der Waals surface area contributed by atoms with Crippen LogP contribution in [-0.2, 0) is 53.0 Å². The Balaban J connectivity index is 0. The summed E-state index contributed by atoms with van der Waals surface area (Å²) in [4.78, 5) is 0. The molecule has 0 unspecified atom stereocenters. The van der Waals surface area contributed by atoms with E-state index in [9.17, 15) is 0 Å². The fraction of sp³-hybridized carbons (Fsp3) is 0. The topological polar surface area (TPSA) is 0 Å². The molecule has 4 heteroatoms. The second-order valence-corrected chi connectivity index (χ2v) is 0. The van der Waals surface area contributed by atoms with E-state index in [4.69, 9.17) is 0 Å². The third-order valence-electron chi connectivity index (χ3n) is 0. The van der Waals surface area contributed by atoms with Crippen LogP contribution in [-0.4, -0.2) is 18.9 Å². The van der Waals surface area contributed by atoms with Gasteiger partial charge in [0.05, 0.1) is 0 Å². The molecular formula is CuLiNiZn. The molecule has 4 heavy (non-hydrogen) atoms. The summed E-state index contributed by atoms with van der Waals surface area (Å²) in [5.41, 5.74) is 0. The molecule has 0 bridgehead atoms. The molecule has 0 spiro atoms. The molecule has 0 saturated heterocycles. The first kappa shape index (κ1) is 34.2. The summed E-state index contributed by atoms with van der Waals surface area (Å²) in [6, 6.07) is 0. The minimum atomic E-state index is 0. The Morgan fingerprint density at radius 1 is 1.00 bits per heavy atom. The Kier molecular flexibility index (Phi) is 161. The van der Waals surface area contributed by atoms with E-state index in [1.165, 1.54) is 0 Å². The Bertz CT molecular complexity index is 8.00. The average Bonchev–Trinajstić information content (AvgIpc) is 0. The summed E-state index contributed by atoms with van der Waals surface area (Å²) < 4.78 is 0. The molecule has 0 saturated carbocycles. The Morgan fingerprint density at radius 2 is 1.00 bits per heavy atom. The molecule has 0 atom stereocenters. The first-order valence-electron chi connectivity index (χ1n) is 0. The van der Waals surface area contributed by atoms with Crippen molar-refractivity contribution in [2.75, 3.05) is 0 Å². The van der Waals surface area contributed by atoms with Crippen LogP contribution < -0.4 is 0 Å². The Hall–Kier alpha value is 2.23. The zero-order valence-corrected chi connectivity index (χ0v) is 7.22. The van der Waals surface area contributed by atoms with Gasteiger partial charge in [0.1, 0.15) is 0 Å². The van der Waals surface area contributed by atoms with Crippen molar-refractivity contribution in [3.05, 3.63) is 0 Å². The van der Waals surface area contributed by atoms with Gasteiger partial charge in [0.15, 0.2) is 0 Å². The molecule has 0 aromatic rings. The third kappa shape index (κ3) is 8.87. The van der Waals surface area contributed by atoms with Crippen LogP contribution in [0.2, 0.25) is 0 Å². The molecule has 24 valence electrons. The van der Waals surface area contributed by atoms with Crippen molar-refractivity contribution in [2.45, 2.75) is 0 Å². The van der Waals surface area contributed by atoms with Crippen LogP contribution >= 0.6 is 0 Å². The van der Waals surface area contributed by atoms with Crippen LogP contribution in [0.25, 0.3) is 0 Å². The molecule has 0 heterocycles. The predicted octanol–water partition coefficient (Wildman–Crippen LogP) is -0.388. The molecule has 0 aliphatic carbocycles. The van der Waals surface area contributed by atoms with E-state index < -0.39 is 0 Å². The van der Waals surface area contributed by atoms with E-state index in [1.54, 1.807) is 0 Å². The zero-order valence-electron chi connectivity index (χ0n) is 2.32. The van der Waals surface area contributed by atoms with E-state index in [1.807, 2.05) is 0 Å². The van der Waals surface area contributed by atoms with Crippen molar-refractivity contribution in [3.63, 3.8) is 0 Å². The maximum atomic E-state index is 0. The van der Waals surface area contributed by atoms with E-state index in [0.717, 1.165) is 0 Å². The molecule has 0 aromatic carbocycles. The summed E-state index contributed by atoms with van der Waals surface area (Å²) in [6.45, 7) is 0. The molecular weight excluding hydrogens is 195 g/mol. The molecule has 0 nitrogen and oxygen atoms in total. The van der Waals surface area contributed by atoms with Gasteiger partial charge in [-0.15, -0.1) is 0 Å². The molecule has 2 radical (unpaired) electrons. The van der Waals surface area contributed by atoms with Gasteiger partial charge in [0, 0.05) is 71.9 Å². The maximum absolute atomic E-state index is 0. The van der Waals surface area contributed by atoms with Gasteiger partial charge in [-0.2, -0.15) is 0 Å². The van der Waals surface area contributed by atoms with Crippen LogP contribution in [0.5, 0.6) is 0 Å². The van der Waals surface area contributed by atoms with Crippen molar-refractivity contribution in [3.8, 4) is 0 Å². The van der Waals surface area contributed by atoms with Gasteiger partial charge in [-0.3, -0.25) is 0 Å². The van der Waals surface area contributed by atoms with Gasteiger partial charge in [0.25, 0.3) is 0 Å². The van der Waals surface area contributed by atoms with Crippen LogP contribution in [0.1, 0.15) is 0 Å². The third-order valence-corrected chi connectivity index (χ3v) is 0. The van der Waals surface area contributed by atoms with Crippen LogP contribution in [0.4, 0.5) is 0 Å². The van der Waals surface area contributed by atoms with Gasteiger partial charge in [-0.1, -0.05) is 0 Å². The largest absolute Gasteiger partial charge is 0 e. The van der Waals surface area contributed by atoms with E-state index >= 15 is 0 Å². The van der Waals surface area contributed by atoms with Crippen molar-refractivity contribution in [1.82, 2.24) is 0 Å². The second kappa shape index (κ2) is 18.8. The molecule has 0 aliphatic heterocycles. The molecule has 0 fully saturated rings. The first-order valence-corrected chi connectivity index (χ1v) is 0. The number of hydrogen-bond acceptors (Lipinski definition) is 0. The fourth-order valence-corrected chi connectivity index (χ4v) is 0. The summed E-state index contributed by atoms with van der Waals surface area (Å²) in [6.07, 6.45) is 0. The number of rotatable bonds is 0. The van der Waals surface area contributed by atoms with Gasteiger partial charge >= 0.3 is 0 Å².